The van der Waals surface area contributed by atoms with Crippen LogP contribution in [0.5, 0.6) is 0 Å². The molecule has 6 nitrogen and oxygen atoms in total. The fraction of sp³-hybridized carbons (Fsp3) is 0.881. The quantitative estimate of drug-likeness (QED) is 0.0320. The number of aliphatic hydroxyl groups is 2. The molecule has 0 bridgehead atoms. The van der Waals surface area contributed by atoms with E-state index in [1.807, 2.05) is 6.08 Å². The molecule has 0 aliphatic carbocycles. The van der Waals surface area contributed by atoms with E-state index in [0.29, 0.717) is 19.4 Å². The minimum absolute atomic E-state index is 0.00276. The van der Waals surface area contributed by atoms with Crippen LogP contribution in [0.25, 0.3) is 0 Å². The predicted octanol–water partition coefficient (Wildman–Crippen LogP) is 20.8. The molecular weight excluding hydrogens is 899 g/mol. The molecular formula is C67H127NO5. The number of esters is 1. The second kappa shape index (κ2) is 62.6. The number of ether oxygens (including phenoxy) is 1. The van der Waals surface area contributed by atoms with E-state index in [9.17, 15) is 19.8 Å². The van der Waals surface area contributed by atoms with Crippen molar-refractivity contribution in [2.24, 2.45) is 0 Å². The van der Waals surface area contributed by atoms with E-state index in [4.69, 9.17) is 4.74 Å². The van der Waals surface area contributed by atoms with Crippen LogP contribution in [0.15, 0.2) is 36.5 Å². The predicted molar refractivity (Wildman–Crippen MR) is 319 cm³/mol. The van der Waals surface area contributed by atoms with Gasteiger partial charge in [0, 0.05) is 12.8 Å². The third-order valence-corrected chi connectivity index (χ3v) is 15.2. The Bertz CT molecular complexity index is 1180. The third-order valence-electron chi connectivity index (χ3n) is 15.2. The number of allylic oxidation sites excluding steroid dienone is 5. The van der Waals surface area contributed by atoms with Gasteiger partial charge in [0.15, 0.2) is 0 Å². The highest BCUT2D eigenvalue weighted by Crippen LogP contribution is 2.18. The fourth-order valence-corrected chi connectivity index (χ4v) is 10.1. The Morgan fingerprint density at radius 1 is 0.384 bits per heavy atom. The molecule has 0 aromatic rings. The highest BCUT2D eigenvalue weighted by Gasteiger charge is 2.18. The third kappa shape index (κ3) is 59.2. The molecule has 0 aromatic heterocycles. The lowest BCUT2D eigenvalue weighted by Gasteiger charge is -2.20. The second-order valence-electron chi connectivity index (χ2n) is 22.5. The maximum Gasteiger partial charge on any atom is 0.305 e. The number of hydrogen-bond donors (Lipinski definition) is 3. The molecule has 0 aliphatic heterocycles. The first-order valence-electron chi connectivity index (χ1n) is 32.8. The first-order valence-corrected chi connectivity index (χ1v) is 32.8. The minimum atomic E-state index is -0.850. The molecule has 0 spiro atoms. The molecule has 0 saturated heterocycles. The lowest BCUT2D eigenvalue weighted by atomic mass is 10.0. The van der Waals surface area contributed by atoms with Gasteiger partial charge in [0.1, 0.15) is 0 Å². The van der Waals surface area contributed by atoms with Crippen molar-refractivity contribution >= 4 is 11.9 Å². The van der Waals surface area contributed by atoms with Crippen molar-refractivity contribution in [3.8, 4) is 0 Å². The summed E-state index contributed by atoms with van der Waals surface area (Å²) in [4.78, 5) is 24.6. The van der Waals surface area contributed by atoms with Crippen LogP contribution in [-0.2, 0) is 14.3 Å². The molecule has 0 fully saturated rings. The molecule has 1 amide bonds. The number of hydrogen-bond acceptors (Lipinski definition) is 5. The van der Waals surface area contributed by atoms with Crippen molar-refractivity contribution in [3.63, 3.8) is 0 Å². The van der Waals surface area contributed by atoms with Gasteiger partial charge in [-0.15, -0.1) is 0 Å². The van der Waals surface area contributed by atoms with E-state index in [1.165, 1.54) is 276 Å². The monoisotopic (exact) mass is 1030 g/mol. The maximum absolute atomic E-state index is 12.5. The van der Waals surface area contributed by atoms with Gasteiger partial charge >= 0.3 is 5.97 Å². The molecule has 0 rings (SSSR count). The van der Waals surface area contributed by atoms with Crippen LogP contribution in [0.3, 0.4) is 0 Å². The number of nitrogens with one attached hydrogen (secondary N) is 1. The van der Waals surface area contributed by atoms with E-state index in [1.54, 1.807) is 6.08 Å². The van der Waals surface area contributed by atoms with Crippen molar-refractivity contribution in [2.75, 3.05) is 13.2 Å². The molecule has 6 heteroatoms. The van der Waals surface area contributed by atoms with Crippen LogP contribution < -0.4 is 5.32 Å². The van der Waals surface area contributed by atoms with Crippen LogP contribution in [0.2, 0.25) is 0 Å². The Hall–Kier alpha value is -1.92. The van der Waals surface area contributed by atoms with Gasteiger partial charge in [-0.05, 0) is 64.2 Å². The second-order valence-corrected chi connectivity index (χ2v) is 22.5. The van der Waals surface area contributed by atoms with E-state index in [0.717, 1.165) is 51.4 Å². The number of amides is 1. The Morgan fingerprint density at radius 2 is 0.685 bits per heavy atom. The summed E-state index contributed by atoms with van der Waals surface area (Å²) in [6.45, 7) is 4.89. The number of aliphatic hydroxyl groups excluding tert-OH is 2. The van der Waals surface area contributed by atoms with Gasteiger partial charge in [0.05, 0.1) is 25.4 Å². The summed E-state index contributed by atoms with van der Waals surface area (Å²) in [5.74, 6) is -0.0732. The topological polar surface area (TPSA) is 95.9 Å². The highest BCUT2D eigenvalue weighted by atomic mass is 16.5. The number of unbranched alkanes of at least 4 members (excludes halogenated alkanes) is 46. The largest absolute Gasteiger partial charge is 0.466 e. The minimum Gasteiger partial charge on any atom is -0.466 e. The fourth-order valence-electron chi connectivity index (χ4n) is 10.1. The van der Waals surface area contributed by atoms with Gasteiger partial charge in [-0.1, -0.05) is 314 Å². The zero-order valence-electron chi connectivity index (χ0n) is 49.1. The van der Waals surface area contributed by atoms with Crippen LogP contribution >= 0.6 is 0 Å². The summed E-state index contributed by atoms with van der Waals surface area (Å²) in [6, 6.07) is -0.634. The summed E-state index contributed by atoms with van der Waals surface area (Å²) in [5, 5.41) is 23.2. The van der Waals surface area contributed by atoms with Crippen LogP contribution in [0.4, 0.5) is 0 Å². The van der Waals surface area contributed by atoms with Crippen LogP contribution in [-0.4, -0.2) is 47.4 Å². The lowest BCUT2D eigenvalue weighted by molar-refractivity contribution is -0.143. The Balaban J connectivity index is 3.44. The van der Waals surface area contributed by atoms with Crippen LogP contribution in [0.1, 0.15) is 354 Å². The molecule has 0 aliphatic rings. The molecule has 73 heavy (non-hydrogen) atoms. The first kappa shape index (κ1) is 71.1. The Kier molecular flexibility index (Phi) is 61.0. The zero-order chi connectivity index (χ0) is 52.9. The molecule has 430 valence electrons. The average Bonchev–Trinajstić information content (AvgIpc) is 3.39. The summed E-state index contributed by atoms with van der Waals surface area (Å²) in [5.41, 5.74) is 0. The molecule has 0 saturated carbocycles. The zero-order valence-corrected chi connectivity index (χ0v) is 49.1. The van der Waals surface area contributed by atoms with E-state index >= 15 is 0 Å². The number of carbonyl (C=O) groups is 2. The molecule has 0 radical (unpaired) electrons. The molecule has 3 N–H and O–H groups in total. The Labute approximate surface area is 455 Å². The summed E-state index contributed by atoms with van der Waals surface area (Å²) < 4.78 is 5.49. The summed E-state index contributed by atoms with van der Waals surface area (Å²) in [7, 11) is 0. The summed E-state index contributed by atoms with van der Waals surface area (Å²) >= 11 is 0. The van der Waals surface area contributed by atoms with Crippen molar-refractivity contribution in [2.45, 2.75) is 366 Å². The van der Waals surface area contributed by atoms with E-state index < -0.39 is 12.1 Å². The van der Waals surface area contributed by atoms with E-state index in [2.05, 4.69) is 43.5 Å². The molecule has 2 unspecified atom stereocenters. The van der Waals surface area contributed by atoms with Gasteiger partial charge in [-0.25, -0.2) is 0 Å². The van der Waals surface area contributed by atoms with Crippen molar-refractivity contribution < 1.29 is 24.5 Å². The summed E-state index contributed by atoms with van der Waals surface area (Å²) in [6.07, 6.45) is 79.0. The standard InChI is InChI=1S/C67H127NO5/c1-3-5-7-9-11-13-15-17-19-21-22-23-24-25-28-31-35-39-43-47-51-55-59-65(70)64(63-69)68-66(71)60-56-52-48-44-40-36-32-29-26-30-34-38-42-46-50-54-58-62-73-67(72)61-57-53-49-45-41-37-33-27-20-18-16-14-12-10-8-6-4-2/h12,14,18,20,55,59,64-65,69-70H,3-11,13,15-17,19,21-54,56-58,60-63H2,1-2H3,(H,68,71)/b14-12-,20-18-,59-55+. The number of rotatable bonds is 61. The molecule has 0 aromatic carbocycles. The van der Waals surface area contributed by atoms with Crippen LogP contribution in [0, 0.1) is 0 Å². The van der Waals surface area contributed by atoms with Gasteiger partial charge < -0.3 is 20.3 Å². The Morgan fingerprint density at radius 3 is 1.07 bits per heavy atom. The molecule has 0 heterocycles. The van der Waals surface area contributed by atoms with Crippen molar-refractivity contribution in [3.05, 3.63) is 36.5 Å². The average molecular weight is 1030 g/mol. The number of carbonyl (C=O) groups excluding carboxylic acids is 2. The highest BCUT2D eigenvalue weighted by molar-refractivity contribution is 5.76. The van der Waals surface area contributed by atoms with Gasteiger partial charge in [0.25, 0.3) is 0 Å². The van der Waals surface area contributed by atoms with Gasteiger partial charge in [-0.3, -0.25) is 9.59 Å². The van der Waals surface area contributed by atoms with E-state index in [-0.39, 0.29) is 18.5 Å². The normalized spacial score (nSPS) is 12.8. The smallest absolute Gasteiger partial charge is 0.305 e. The first-order chi connectivity index (χ1) is 36.0. The van der Waals surface area contributed by atoms with Gasteiger partial charge in [-0.2, -0.15) is 0 Å². The SMILES string of the molecule is CCCCC/C=C\C/C=C\CCCCCCCCCC(=O)OCCCCCCCCCCCCCCCCCCCC(=O)NC(CO)C(O)/C=C/CCCCCCCCCCCCCCCCCCCCCC. The lowest BCUT2D eigenvalue weighted by Crippen LogP contribution is -2.45. The maximum atomic E-state index is 12.5. The van der Waals surface area contributed by atoms with Crippen molar-refractivity contribution in [1.29, 1.82) is 0 Å². The molecule has 2 atom stereocenters. The van der Waals surface area contributed by atoms with Crippen molar-refractivity contribution in [1.82, 2.24) is 5.32 Å². The van der Waals surface area contributed by atoms with Gasteiger partial charge in [0.2, 0.25) is 5.91 Å².